The molecular weight excluding hydrogens is 392 g/mol. The van der Waals surface area contributed by atoms with Crippen LogP contribution in [0, 0.1) is 11.6 Å². The van der Waals surface area contributed by atoms with Gasteiger partial charge < -0.3 is 9.64 Å². The standard InChI is InChI=1S/C21H19F2N5O2/c1-27-19(29)10-17(16-5-6-24-12-25-16)26-21(27)28-7-3-4-13(11-28)20-15(23)8-14(22)9-18(20)30-2/h4-6,8-10,12H,3,7,11H2,1-2H3. The summed E-state index contributed by atoms with van der Waals surface area (Å²) >= 11 is 0. The molecule has 4 rings (SSSR count). The molecule has 3 heterocycles. The van der Waals surface area contributed by atoms with Gasteiger partial charge in [0.05, 0.1) is 24.1 Å². The van der Waals surface area contributed by atoms with Gasteiger partial charge in [-0.25, -0.2) is 23.7 Å². The molecule has 0 atom stereocenters. The van der Waals surface area contributed by atoms with Gasteiger partial charge in [0, 0.05) is 44.5 Å². The number of ether oxygens (including phenoxy) is 1. The summed E-state index contributed by atoms with van der Waals surface area (Å²) in [6, 6.07) is 5.07. The quantitative estimate of drug-likeness (QED) is 0.657. The monoisotopic (exact) mass is 411 g/mol. The third kappa shape index (κ3) is 3.66. The Morgan fingerprint density at radius 1 is 1.17 bits per heavy atom. The topological polar surface area (TPSA) is 73.1 Å². The summed E-state index contributed by atoms with van der Waals surface area (Å²) in [6.45, 7) is 0.870. The average molecular weight is 411 g/mol. The van der Waals surface area contributed by atoms with Crippen molar-refractivity contribution in [1.82, 2.24) is 19.5 Å². The Balaban J connectivity index is 1.73. The summed E-state index contributed by atoms with van der Waals surface area (Å²) in [4.78, 5) is 27.1. The first-order chi connectivity index (χ1) is 14.5. The van der Waals surface area contributed by atoms with E-state index in [0.29, 0.717) is 35.9 Å². The van der Waals surface area contributed by atoms with Crippen molar-refractivity contribution in [3.05, 3.63) is 70.4 Å². The Bertz CT molecular complexity index is 1180. The van der Waals surface area contributed by atoms with E-state index in [1.54, 1.807) is 19.3 Å². The molecule has 1 aliphatic heterocycles. The molecule has 0 aliphatic carbocycles. The lowest BCUT2D eigenvalue weighted by atomic mass is 9.99. The lowest BCUT2D eigenvalue weighted by Crippen LogP contribution is -2.35. The molecule has 0 bridgehead atoms. The van der Waals surface area contributed by atoms with Gasteiger partial charge in [-0.05, 0) is 18.1 Å². The van der Waals surface area contributed by atoms with Crippen LogP contribution in [0.15, 0.2) is 47.7 Å². The average Bonchev–Trinajstić information content (AvgIpc) is 2.75. The molecule has 0 unspecified atom stereocenters. The Kier molecular flexibility index (Phi) is 5.26. The number of rotatable bonds is 4. The molecule has 0 spiro atoms. The van der Waals surface area contributed by atoms with Gasteiger partial charge in [0.15, 0.2) is 0 Å². The van der Waals surface area contributed by atoms with Crippen LogP contribution in [0.3, 0.4) is 0 Å². The van der Waals surface area contributed by atoms with Crippen molar-refractivity contribution >= 4 is 11.5 Å². The Morgan fingerprint density at radius 3 is 2.73 bits per heavy atom. The minimum absolute atomic E-state index is 0.122. The van der Waals surface area contributed by atoms with Crippen molar-refractivity contribution in [2.75, 3.05) is 25.1 Å². The zero-order valence-corrected chi connectivity index (χ0v) is 16.5. The molecule has 0 saturated carbocycles. The van der Waals surface area contributed by atoms with E-state index in [2.05, 4.69) is 15.0 Å². The van der Waals surface area contributed by atoms with Gasteiger partial charge in [-0.3, -0.25) is 9.36 Å². The van der Waals surface area contributed by atoms with Crippen LogP contribution in [-0.2, 0) is 7.05 Å². The summed E-state index contributed by atoms with van der Waals surface area (Å²) in [5, 5.41) is 0. The van der Waals surface area contributed by atoms with Crippen molar-refractivity contribution in [3.63, 3.8) is 0 Å². The minimum atomic E-state index is -0.706. The third-order valence-electron chi connectivity index (χ3n) is 4.95. The van der Waals surface area contributed by atoms with Gasteiger partial charge >= 0.3 is 0 Å². The molecular formula is C21H19F2N5O2. The number of aromatic nitrogens is 4. The Morgan fingerprint density at radius 2 is 2.00 bits per heavy atom. The van der Waals surface area contributed by atoms with Crippen LogP contribution in [0.1, 0.15) is 12.0 Å². The number of halogens is 2. The largest absolute Gasteiger partial charge is 0.496 e. The van der Waals surface area contributed by atoms with Crippen molar-refractivity contribution in [3.8, 4) is 17.1 Å². The highest BCUT2D eigenvalue weighted by Crippen LogP contribution is 2.33. The normalized spacial score (nSPS) is 13.9. The van der Waals surface area contributed by atoms with Crippen molar-refractivity contribution < 1.29 is 13.5 Å². The summed E-state index contributed by atoms with van der Waals surface area (Å²) in [7, 11) is 3.00. The predicted octanol–water partition coefficient (Wildman–Crippen LogP) is 2.82. The second-order valence-electron chi connectivity index (χ2n) is 6.84. The van der Waals surface area contributed by atoms with E-state index in [1.807, 2.05) is 11.0 Å². The highest BCUT2D eigenvalue weighted by Gasteiger charge is 2.24. The van der Waals surface area contributed by atoms with Gasteiger partial charge in [0.2, 0.25) is 5.95 Å². The third-order valence-corrected chi connectivity index (χ3v) is 4.95. The van der Waals surface area contributed by atoms with E-state index in [-0.39, 0.29) is 23.4 Å². The molecule has 9 heteroatoms. The van der Waals surface area contributed by atoms with Gasteiger partial charge in [-0.1, -0.05) is 6.08 Å². The second kappa shape index (κ2) is 8.02. The number of methoxy groups -OCH3 is 1. The van der Waals surface area contributed by atoms with E-state index < -0.39 is 11.6 Å². The molecule has 7 nitrogen and oxygen atoms in total. The van der Waals surface area contributed by atoms with Gasteiger partial charge in [0.1, 0.15) is 23.7 Å². The fourth-order valence-electron chi connectivity index (χ4n) is 3.50. The maximum absolute atomic E-state index is 14.6. The summed E-state index contributed by atoms with van der Waals surface area (Å²) < 4.78 is 34.8. The fraction of sp³-hybridized carbons (Fsp3) is 0.238. The number of hydrogen-bond donors (Lipinski definition) is 0. The second-order valence-corrected chi connectivity index (χ2v) is 6.84. The minimum Gasteiger partial charge on any atom is -0.496 e. The number of benzene rings is 1. The molecule has 154 valence electrons. The first-order valence-electron chi connectivity index (χ1n) is 9.29. The zero-order chi connectivity index (χ0) is 21.3. The van der Waals surface area contributed by atoms with E-state index in [4.69, 9.17) is 4.74 Å². The van der Waals surface area contributed by atoms with Crippen LogP contribution < -0.4 is 15.2 Å². The highest BCUT2D eigenvalue weighted by atomic mass is 19.1. The van der Waals surface area contributed by atoms with Gasteiger partial charge in [-0.2, -0.15) is 0 Å². The maximum Gasteiger partial charge on any atom is 0.255 e. The van der Waals surface area contributed by atoms with Crippen LogP contribution in [0.25, 0.3) is 17.0 Å². The highest BCUT2D eigenvalue weighted by molar-refractivity contribution is 5.75. The molecule has 0 fully saturated rings. The van der Waals surface area contributed by atoms with E-state index >= 15 is 0 Å². The van der Waals surface area contributed by atoms with Crippen molar-refractivity contribution in [2.24, 2.45) is 7.05 Å². The van der Waals surface area contributed by atoms with E-state index in [1.165, 1.54) is 24.1 Å². The molecule has 1 aromatic carbocycles. The lowest BCUT2D eigenvalue weighted by Gasteiger charge is -2.30. The van der Waals surface area contributed by atoms with Crippen LogP contribution in [0.4, 0.5) is 14.7 Å². The van der Waals surface area contributed by atoms with Crippen molar-refractivity contribution in [2.45, 2.75) is 6.42 Å². The fourth-order valence-corrected chi connectivity index (χ4v) is 3.50. The zero-order valence-electron chi connectivity index (χ0n) is 16.5. The first kappa shape index (κ1) is 19.7. The number of anilines is 1. The smallest absolute Gasteiger partial charge is 0.255 e. The first-order valence-corrected chi connectivity index (χ1v) is 9.29. The molecule has 0 saturated heterocycles. The predicted molar refractivity (Wildman–Crippen MR) is 108 cm³/mol. The molecule has 2 aromatic heterocycles. The van der Waals surface area contributed by atoms with E-state index in [9.17, 15) is 13.6 Å². The van der Waals surface area contributed by atoms with E-state index in [0.717, 1.165) is 12.1 Å². The van der Waals surface area contributed by atoms with Gasteiger partial charge in [-0.15, -0.1) is 0 Å². The van der Waals surface area contributed by atoms with Gasteiger partial charge in [0.25, 0.3) is 5.56 Å². The number of hydrogen-bond acceptors (Lipinski definition) is 6. The summed E-state index contributed by atoms with van der Waals surface area (Å²) in [6.07, 6.45) is 5.45. The maximum atomic E-state index is 14.6. The van der Waals surface area contributed by atoms with Crippen LogP contribution in [-0.4, -0.2) is 39.7 Å². The van der Waals surface area contributed by atoms with Crippen LogP contribution in [0.2, 0.25) is 0 Å². The molecule has 0 N–H and O–H groups in total. The molecule has 0 radical (unpaired) electrons. The molecule has 0 amide bonds. The van der Waals surface area contributed by atoms with Crippen LogP contribution >= 0.6 is 0 Å². The number of nitrogens with zero attached hydrogens (tertiary/aromatic N) is 5. The molecule has 3 aromatic rings. The molecule has 1 aliphatic rings. The SMILES string of the molecule is COc1cc(F)cc(F)c1C1=CCCN(c2nc(-c3ccncn3)cc(=O)n2C)C1. The van der Waals surface area contributed by atoms with Crippen LogP contribution in [0.5, 0.6) is 5.75 Å². The lowest BCUT2D eigenvalue weighted by molar-refractivity contribution is 0.404. The summed E-state index contributed by atoms with van der Waals surface area (Å²) in [5.41, 5.74) is 1.56. The Hall–Kier alpha value is -3.62. The summed E-state index contributed by atoms with van der Waals surface area (Å²) in [5.74, 6) is -0.847. The molecule has 30 heavy (non-hydrogen) atoms. The Labute approximate surface area is 171 Å². The van der Waals surface area contributed by atoms with Crippen molar-refractivity contribution in [1.29, 1.82) is 0 Å².